The molecule has 120 valence electrons. The maximum absolute atomic E-state index is 5.49. The fourth-order valence-corrected chi connectivity index (χ4v) is 2.22. The number of benzene rings is 1. The van der Waals surface area contributed by atoms with E-state index in [1.165, 1.54) is 11.1 Å². The average Bonchev–Trinajstić information content (AvgIpc) is 2.46. The molecular formula is C17H31N3O. The van der Waals surface area contributed by atoms with E-state index >= 15 is 0 Å². The van der Waals surface area contributed by atoms with Gasteiger partial charge in [0.15, 0.2) is 0 Å². The van der Waals surface area contributed by atoms with Crippen molar-refractivity contribution in [3.05, 3.63) is 29.3 Å². The van der Waals surface area contributed by atoms with E-state index in [-0.39, 0.29) is 0 Å². The molecule has 0 aliphatic rings. The summed E-state index contributed by atoms with van der Waals surface area (Å²) in [6, 6.07) is 6.48. The van der Waals surface area contributed by atoms with Crippen molar-refractivity contribution in [3.8, 4) is 5.75 Å². The Balaban J connectivity index is 2.66. The fraction of sp³-hybridized carbons (Fsp3) is 0.647. The van der Waals surface area contributed by atoms with Gasteiger partial charge in [-0.25, -0.2) is 0 Å². The number of nitrogens with one attached hydrogen (secondary N) is 1. The molecule has 0 amide bonds. The van der Waals surface area contributed by atoms with Gasteiger partial charge in [0.1, 0.15) is 5.75 Å². The van der Waals surface area contributed by atoms with Crippen molar-refractivity contribution in [2.24, 2.45) is 0 Å². The van der Waals surface area contributed by atoms with Gasteiger partial charge in [-0.3, -0.25) is 0 Å². The summed E-state index contributed by atoms with van der Waals surface area (Å²) >= 11 is 0. The minimum absolute atomic E-state index is 0.915. The molecule has 0 bridgehead atoms. The van der Waals surface area contributed by atoms with E-state index in [0.29, 0.717) is 0 Å². The van der Waals surface area contributed by atoms with Crippen molar-refractivity contribution in [3.63, 3.8) is 0 Å². The lowest BCUT2D eigenvalue weighted by atomic mass is 10.1. The molecule has 0 saturated carbocycles. The summed E-state index contributed by atoms with van der Waals surface area (Å²) < 4.78 is 5.49. The van der Waals surface area contributed by atoms with Crippen LogP contribution in [0.3, 0.4) is 0 Å². The van der Waals surface area contributed by atoms with Crippen LogP contribution >= 0.6 is 0 Å². The lowest BCUT2D eigenvalue weighted by Gasteiger charge is -2.21. The van der Waals surface area contributed by atoms with Crippen LogP contribution in [-0.2, 0) is 13.1 Å². The van der Waals surface area contributed by atoms with Gasteiger partial charge in [-0.1, -0.05) is 13.0 Å². The van der Waals surface area contributed by atoms with Gasteiger partial charge >= 0.3 is 0 Å². The van der Waals surface area contributed by atoms with Gasteiger partial charge in [0.25, 0.3) is 0 Å². The standard InChI is InChI=1S/C17H31N3O/c1-6-9-18-13-15-7-8-17(21-5)16(12-15)14-20(4)11-10-19(2)3/h7-8,12,18H,6,9-11,13-14H2,1-5H3. The van der Waals surface area contributed by atoms with E-state index in [2.05, 4.69) is 61.4 Å². The lowest BCUT2D eigenvalue weighted by Crippen LogP contribution is -2.28. The Hall–Kier alpha value is -1.10. The van der Waals surface area contributed by atoms with Crippen LogP contribution in [-0.4, -0.2) is 57.7 Å². The molecule has 1 rings (SSSR count). The highest BCUT2D eigenvalue weighted by atomic mass is 16.5. The number of rotatable bonds is 10. The Bertz CT molecular complexity index is 407. The predicted molar refractivity (Wildman–Crippen MR) is 89.9 cm³/mol. The number of hydrogen-bond donors (Lipinski definition) is 1. The van der Waals surface area contributed by atoms with Crippen LogP contribution in [0.25, 0.3) is 0 Å². The Kier molecular flexibility index (Phi) is 8.35. The average molecular weight is 293 g/mol. The Labute approximate surface area is 130 Å². The maximum atomic E-state index is 5.49. The first-order chi connectivity index (χ1) is 10.1. The molecule has 0 atom stereocenters. The Morgan fingerprint density at radius 2 is 1.90 bits per heavy atom. The first-order valence-electron chi connectivity index (χ1n) is 7.76. The second-order valence-electron chi connectivity index (χ2n) is 5.86. The number of methoxy groups -OCH3 is 1. The van der Waals surface area contributed by atoms with Gasteiger partial charge in [0, 0.05) is 31.7 Å². The van der Waals surface area contributed by atoms with Crippen LogP contribution < -0.4 is 10.1 Å². The molecule has 0 fully saturated rings. The van der Waals surface area contributed by atoms with Gasteiger partial charge < -0.3 is 19.9 Å². The first kappa shape index (κ1) is 18.0. The third kappa shape index (κ3) is 6.93. The highest BCUT2D eigenvalue weighted by Gasteiger charge is 2.08. The molecule has 0 aliphatic heterocycles. The summed E-state index contributed by atoms with van der Waals surface area (Å²) in [6.07, 6.45) is 1.16. The second-order valence-corrected chi connectivity index (χ2v) is 5.86. The van der Waals surface area contributed by atoms with Gasteiger partial charge in [0.05, 0.1) is 7.11 Å². The zero-order valence-corrected chi connectivity index (χ0v) is 14.3. The molecule has 0 aliphatic carbocycles. The molecule has 1 N–H and O–H groups in total. The third-order valence-corrected chi connectivity index (χ3v) is 3.47. The normalized spacial score (nSPS) is 11.4. The SMILES string of the molecule is CCCNCc1ccc(OC)c(CN(C)CCN(C)C)c1. The van der Waals surface area contributed by atoms with Crippen molar-refractivity contribution in [1.29, 1.82) is 0 Å². The van der Waals surface area contributed by atoms with Gasteiger partial charge in [0.2, 0.25) is 0 Å². The predicted octanol–water partition coefficient (Wildman–Crippen LogP) is 2.19. The van der Waals surface area contributed by atoms with Crippen molar-refractivity contribution < 1.29 is 4.74 Å². The monoisotopic (exact) mass is 293 g/mol. The maximum Gasteiger partial charge on any atom is 0.123 e. The van der Waals surface area contributed by atoms with Crippen molar-refractivity contribution >= 4 is 0 Å². The van der Waals surface area contributed by atoms with Crippen molar-refractivity contribution in [2.75, 3.05) is 47.9 Å². The van der Waals surface area contributed by atoms with Gasteiger partial charge in [-0.05, 0) is 51.8 Å². The zero-order chi connectivity index (χ0) is 15.7. The summed E-state index contributed by atoms with van der Waals surface area (Å²) in [5, 5.41) is 3.45. The van der Waals surface area contributed by atoms with Crippen LogP contribution in [0.5, 0.6) is 5.75 Å². The number of likely N-dealkylation sites (N-methyl/N-ethyl adjacent to an activating group) is 2. The van der Waals surface area contributed by atoms with Crippen LogP contribution in [0.4, 0.5) is 0 Å². The fourth-order valence-electron chi connectivity index (χ4n) is 2.22. The molecule has 0 saturated heterocycles. The van der Waals surface area contributed by atoms with E-state index in [0.717, 1.165) is 44.9 Å². The molecule has 4 nitrogen and oxygen atoms in total. The van der Waals surface area contributed by atoms with E-state index in [1.54, 1.807) is 7.11 Å². The highest BCUT2D eigenvalue weighted by molar-refractivity contribution is 5.37. The molecule has 0 radical (unpaired) electrons. The first-order valence-corrected chi connectivity index (χ1v) is 7.76. The summed E-state index contributed by atoms with van der Waals surface area (Å²) in [4.78, 5) is 4.54. The zero-order valence-electron chi connectivity index (χ0n) is 14.3. The molecule has 4 heteroatoms. The van der Waals surface area contributed by atoms with Crippen LogP contribution in [0.1, 0.15) is 24.5 Å². The van der Waals surface area contributed by atoms with Gasteiger partial charge in [-0.2, -0.15) is 0 Å². The summed E-state index contributed by atoms with van der Waals surface area (Å²) in [5.41, 5.74) is 2.58. The smallest absolute Gasteiger partial charge is 0.123 e. The molecule has 0 spiro atoms. The van der Waals surface area contributed by atoms with Crippen molar-refractivity contribution in [1.82, 2.24) is 15.1 Å². The molecule has 1 aromatic rings. The number of hydrogen-bond acceptors (Lipinski definition) is 4. The summed E-state index contributed by atoms with van der Waals surface area (Å²) in [5.74, 6) is 0.978. The second kappa shape index (κ2) is 9.77. The highest BCUT2D eigenvalue weighted by Crippen LogP contribution is 2.21. The Morgan fingerprint density at radius 3 is 2.52 bits per heavy atom. The molecular weight excluding hydrogens is 262 g/mol. The Morgan fingerprint density at radius 1 is 1.14 bits per heavy atom. The van der Waals surface area contributed by atoms with Crippen LogP contribution in [0, 0.1) is 0 Å². The number of ether oxygens (including phenoxy) is 1. The molecule has 21 heavy (non-hydrogen) atoms. The molecule has 0 unspecified atom stereocenters. The minimum Gasteiger partial charge on any atom is -0.496 e. The quantitative estimate of drug-likeness (QED) is 0.669. The van der Waals surface area contributed by atoms with E-state index in [9.17, 15) is 0 Å². The minimum atomic E-state index is 0.915. The van der Waals surface area contributed by atoms with Crippen LogP contribution in [0.2, 0.25) is 0 Å². The summed E-state index contributed by atoms with van der Waals surface area (Å²) in [6.45, 7) is 7.20. The van der Waals surface area contributed by atoms with E-state index < -0.39 is 0 Å². The largest absolute Gasteiger partial charge is 0.496 e. The molecule has 0 heterocycles. The van der Waals surface area contributed by atoms with Crippen molar-refractivity contribution in [2.45, 2.75) is 26.4 Å². The summed E-state index contributed by atoms with van der Waals surface area (Å²) in [7, 11) is 8.11. The van der Waals surface area contributed by atoms with Gasteiger partial charge in [-0.15, -0.1) is 0 Å². The number of nitrogens with zero attached hydrogens (tertiary/aromatic N) is 2. The van der Waals surface area contributed by atoms with E-state index in [1.807, 2.05) is 0 Å². The van der Waals surface area contributed by atoms with Crippen LogP contribution in [0.15, 0.2) is 18.2 Å². The topological polar surface area (TPSA) is 27.7 Å². The molecule has 1 aromatic carbocycles. The third-order valence-electron chi connectivity index (χ3n) is 3.47. The molecule has 0 aromatic heterocycles. The van der Waals surface area contributed by atoms with E-state index in [4.69, 9.17) is 4.74 Å². The lowest BCUT2D eigenvalue weighted by molar-refractivity contribution is 0.272.